The number of hydrogen-bond donors (Lipinski definition) is 1. The molecule has 0 saturated heterocycles. The normalized spacial score (nSPS) is 18.6. The zero-order valence-electron chi connectivity index (χ0n) is 8.85. The number of aryl methyl sites for hydroxylation is 1. The number of carbonyl (C=O) groups is 1. The topological polar surface area (TPSA) is 29.1 Å². The Kier molecular flexibility index (Phi) is 1.88. The number of nitrogens with one attached hydrogen (secondary N) is 1. The molecular formula is C12H15NO. The summed E-state index contributed by atoms with van der Waals surface area (Å²) in [5, 5.41) is 2.92. The van der Waals surface area contributed by atoms with Gasteiger partial charge in [-0.15, -0.1) is 0 Å². The van der Waals surface area contributed by atoms with E-state index in [9.17, 15) is 4.79 Å². The molecule has 1 N–H and O–H groups in total. The van der Waals surface area contributed by atoms with Crippen molar-refractivity contribution in [2.24, 2.45) is 0 Å². The van der Waals surface area contributed by atoms with Gasteiger partial charge in [0.05, 0.1) is 0 Å². The molecule has 0 spiro atoms. The van der Waals surface area contributed by atoms with Crippen LogP contribution in [0.5, 0.6) is 0 Å². The van der Waals surface area contributed by atoms with Crippen molar-refractivity contribution in [3.05, 3.63) is 29.3 Å². The van der Waals surface area contributed by atoms with E-state index in [2.05, 4.69) is 32.2 Å². The van der Waals surface area contributed by atoms with Crippen molar-refractivity contribution < 1.29 is 4.79 Å². The third kappa shape index (κ3) is 1.31. The van der Waals surface area contributed by atoms with Crippen LogP contribution < -0.4 is 5.32 Å². The summed E-state index contributed by atoms with van der Waals surface area (Å²) in [5.74, 6) is 0.119. The van der Waals surface area contributed by atoms with Crippen molar-refractivity contribution in [1.29, 1.82) is 0 Å². The van der Waals surface area contributed by atoms with Crippen molar-refractivity contribution in [2.45, 2.75) is 32.6 Å². The molecular weight excluding hydrogens is 174 g/mol. The molecule has 1 aliphatic rings. The summed E-state index contributed by atoms with van der Waals surface area (Å²) in [7, 11) is 0. The number of amides is 1. The molecule has 0 bridgehead atoms. The van der Waals surface area contributed by atoms with E-state index in [0.717, 1.165) is 5.69 Å². The lowest BCUT2D eigenvalue weighted by atomic mass is 9.76. The maximum Gasteiger partial charge on any atom is 0.225 e. The molecule has 1 aromatic carbocycles. The maximum absolute atomic E-state index is 11.4. The first-order valence-corrected chi connectivity index (χ1v) is 4.91. The van der Waals surface area contributed by atoms with E-state index >= 15 is 0 Å². The van der Waals surface area contributed by atoms with E-state index in [0.29, 0.717) is 6.42 Å². The number of hydrogen-bond acceptors (Lipinski definition) is 1. The average Bonchev–Trinajstić information content (AvgIpc) is 2.00. The first kappa shape index (κ1) is 9.25. The van der Waals surface area contributed by atoms with Gasteiger partial charge in [-0.05, 0) is 24.1 Å². The number of fused-ring (bicyclic) bond motifs is 1. The molecule has 0 aliphatic carbocycles. The highest BCUT2D eigenvalue weighted by Crippen LogP contribution is 2.38. The van der Waals surface area contributed by atoms with Gasteiger partial charge in [-0.2, -0.15) is 0 Å². The van der Waals surface area contributed by atoms with Crippen molar-refractivity contribution >= 4 is 11.6 Å². The molecule has 74 valence electrons. The van der Waals surface area contributed by atoms with Crippen LogP contribution >= 0.6 is 0 Å². The summed E-state index contributed by atoms with van der Waals surface area (Å²) in [4.78, 5) is 11.4. The number of benzene rings is 1. The second-order valence-electron chi connectivity index (χ2n) is 4.61. The lowest BCUT2D eigenvalue weighted by molar-refractivity contribution is -0.117. The lowest BCUT2D eigenvalue weighted by Crippen LogP contribution is -2.33. The highest BCUT2D eigenvalue weighted by atomic mass is 16.1. The SMILES string of the molecule is Cc1cccc2c1C(C)(C)CC(=O)N2. The molecule has 0 radical (unpaired) electrons. The van der Waals surface area contributed by atoms with Crippen LogP contribution in [0.4, 0.5) is 5.69 Å². The highest BCUT2D eigenvalue weighted by molar-refractivity contribution is 5.95. The summed E-state index contributed by atoms with van der Waals surface area (Å²) >= 11 is 0. The summed E-state index contributed by atoms with van der Waals surface area (Å²) < 4.78 is 0. The zero-order chi connectivity index (χ0) is 10.3. The summed E-state index contributed by atoms with van der Waals surface area (Å²) in [5.41, 5.74) is 3.47. The van der Waals surface area contributed by atoms with Gasteiger partial charge >= 0.3 is 0 Å². The molecule has 1 heterocycles. The van der Waals surface area contributed by atoms with Gasteiger partial charge < -0.3 is 5.32 Å². The van der Waals surface area contributed by atoms with Gasteiger partial charge in [0.25, 0.3) is 0 Å². The molecule has 0 atom stereocenters. The summed E-state index contributed by atoms with van der Waals surface area (Å²) in [6.07, 6.45) is 0.574. The standard InChI is InChI=1S/C12H15NO/c1-8-5-4-6-9-11(8)12(2,3)7-10(14)13-9/h4-6H,7H2,1-3H3,(H,13,14). The van der Waals surface area contributed by atoms with Crippen LogP contribution in [0.3, 0.4) is 0 Å². The van der Waals surface area contributed by atoms with Crippen LogP contribution in [0, 0.1) is 6.92 Å². The van der Waals surface area contributed by atoms with Gasteiger partial charge in [0.15, 0.2) is 0 Å². The quantitative estimate of drug-likeness (QED) is 0.667. The third-order valence-electron chi connectivity index (χ3n) is 2.83. The Morgan fingerprint density at radius 1 is 1.36 bits per heavy atom. The first-order valence-electron chi connectivity index (χ1n) is 4.91. The summed E-state index contributed by atoms with van der Waals surface area (Å²) in [6.45, 7) is 6.34. The van der Waals surface area contributed by atoms with Crippen LogP contribution in [-0.4, -0.2) is 5.91 Å². The van der Waals surface area contributed by atoms with Gasteiger partial charge in [-0.3, -0.25) is 4.79 Å². The van der Waals surface area contributed by atoms with Gasteiger partial charge in [-0.1, -0.05) is 26.0 Å². The Morgan fingerprint density at radius 3 is 2.79 bits per heavy atom. The smallest absolute Gasteiger partial charge is 0.225 e. The van der Waals surface area contributed by atoms with Crippen molar-refractivity contribution in [1.82, 2.24) is 0 Å². The Labute approximate surface area is 84.3 Å². The van der Waals surface area contributed by atoms with Crippen LogP contribution in [-0.2, 0) is 10.2 Å². The number of carbonyl (C=O) groups excluding carboxylic acids is 1. The minimum atomic E-state index is -0.0387. The van der Waals surface area contributed by atoms with E-state index in [1.54, 1.807) is 0 Å². The van der Waals surface area contributed by atoms with E-state index in [4.69, 9.17) is 0 Å². The van der Waals surface area contributed by atoms with Crippen LogP contribution in [0.1, 0.15) is 31.4 Å². The molecule has 1 amide bonds. The zero-order valence-corrected chi connectivity index (χ0v) is 8.85. The van der Waals surface area contributed by atoms with Crippen LogP contribution in [0.15, 0.2) is 18.2 Å². The fraction of sp³-hybridized carbons (Fsp3) is 0.417. The molecule has 1 aliphatic heterocycles. The molecule has 1 aromatic rings. The van der Waals surface area contributed by atoms with Crippen LogP contribution in [0.25, 0.3) is 0 Å². The second-order valence-corrected chi connectivity index (χ2v) is 4.61. The Bertz CT molecular complexity index is 393. The Morgan fingerprint density at radius 2 is 2.07 bits per heavy atom. The number of anilines is 1. The predicted molar refractivity (Wildman–Crippen MR) is 57.5 cm³/mol. The van der Waals surface area contributed by atoms with E-state index in [1.165, 1.54) is 11.1 Å². The van der Waals surface area contributed by atoms with Gasteiger partial charge in [0.1, 0.15) is 0 Å². The fourth-order valence-electron chi connectivity index (χ4n) is 2.35. The largest absolute Gasteiger partial charge is 0.326 e. The van der Waals surface area contributed by atoms with Gasteiger partial charge in [0, 0.05) is 17.5 Å². The van der Waals surface area contributed by atoms with Gasteiger partial charge in [-0.25, -0.2) is 0 Å². The second kappa shape index (κ2) is 2.84. The molecule has 2 rings (SSSR count). The molecule has 2 nitrogen and oxygen atoms in total. The molecule has 0 aromatic heterocycles. The van der Waals surface area contributed by atoms with Crippen molar-refractivity contribution in [3.8, 4) is 0 Å². The molecule has 0 saturated carbocycles. The lowest BCUT2D eigenvalue weighted by Gasteiger charge is -2.33. The average molecular weight is 189 g/mol. The molecule has 2 heteroatoms. The predicted octanol–water partition coefficient (Wildman–Crippen LogP) is 2.61. The van der Waals surface area contributed by atoms with Gasteiger partial charge in [0.2, 0.25) is 5.91 Å². The fourth-order valence-corrected chi connectivity index (χ4v) is 2.35. The van der Waals surface area contributed by atoms with Crippen molar-refractivity contribution in [2.75, 3.05) is 5.32 Å². The van der Waals surface area contributed by atoms with E-state index in [-0.39, 0.29) is 11.3 Å². The summed E-state index contributed by atoms with van der Waals surface area (Å²) in [6, 6.07) is 6.05. The molecule has 0 unspecified atom stereocenters. The minimum absolute atomic E-state index is 0.0387. The Balaban J connectivity index is 2.64. The Hall–Kier alpha value is -1.31. The molecule has 0 fully saturated rings. The monoisotopic (exact) mass is 189 g/mol. The van der Waals surface area contributed by atoms with E-state index < -0.39 is 0 Å². The van der Waals surface area contributed by atoms with E-state index in [1.807, 2.05) is 12.1 Å². The highest BCUT2D eigenvalue weighted by Gasteiger charge is 2.32. The number of rotatable bonds is 0. The molecule has 14 heavy (non-hydrogen) atoms. The maximum atomic E-state index is 11.4. The minimum Gasteiger partial charge on any atom is -0.326 e. The first-order chi connectivity index (χ1) is 6.50. The van der Waals surface area contributed by atoms with Crippen LogP contribution in [0.2, 0.25) is 0 Å². The third-order valence-corrected chi connectivity index (χ3v) is 2.83. The van der Waals surface area contributed by atoms with Crippen molar-refractivity contribution in [3.63, 3.8) is 0 Å².